The van der Waals surface area contributed by atoms with Crippen molar-refractivity contribution in [1.29, 1.82) is 0 Å². The smallest absolute Gasteiger partial charge is 0.450 e. The fraction of sp³-hybridized carbons (Fsp3) is 0.391. The number of ether oxygens (including phenoxy) is 3. The van der Waals surface area contributed by atoms with Crippen LogP contribution in [0.1, 0.15) is 48.5 Å². The Hall–Kier alpha value is -3.32. The van der Waals surface area contributed by atoms with Gasteiger partial charge in [-0.2, -0.15) is 13.2 Å². The van der Waals surface area contributed by atoms with Crippen LogP contribution in [-0.4, -0.2) is 38.3 Å². The van der Waals surface area contributed by atoms with Gasteiger partial charge < -0.3 is 14.2 Å². The molecule has 1 aromatic rings. The van der Waals surface area contributed by atoms with Crippen LogP contribution in [0.4, 0.5) is 13.2 Å². The Morgan fingerprint density at radius 1 is 1.06 bits per heavy atom. The molecule has 0 bridgehead atoms. The molecule has 0 aromatic heterocycles. The molecule has 1 aromatic carbocycles. The van der Waals surface area contributed by atoms with Crippen LogP contribution < -0.4 is 0 Å². The lowest BCUT2D eigenvalue weighted by atomic mass is 9.68. The largest absolute Gasteiger partial charge is 0.466 e. The van der Waals surface area contributed by atoms with E-state index in [1.165, 1.54) is 31.4 Å². The third-order valence-corrected chi connectivity index (χ3v) is 5.42. The number of alkyl halides is 3. The molecule has 0 radical (unpaired) electrons. The van der Waals surface area contributed by atoms with Gasteiger partial charge in [0.05, 0.1) is 25.4 Å². The molecule has 0 fully saturated rings. The van der Waals surface area contributed by atoms with E-state index < -0.39 is 40.8 Å². The number of allylic oxidation sites excluding steroid dienone is 4. The molecule has 1 atom stereocenters. The van der Waals surface area contributed by atoms with Gasteiger partial charge in [0.25, 0.3) is 0 Å². The van der Waals surface area contributed by atoms with Crippen LogP contribution in [0.5, 0.6) is 0 Å². The number of esters is 2. The van der Waals surface area contributed by atoms with E-state index in [-0.39, 0.29) is 40.9 Å². The van der Waals surface area contributed by atoms with Crippen molar-refractivity contribution in [2.24, 2.45) is 5.41 Å². The summed E-state index contributed by atoms with van der Waals surface area (Å²) in [4.78, 5) is 36.1. The van der Waals surface area contributed by atoms with Crippen molar-refractivity contribution >= 4 is 17.9 Å². The van der Waals surface area contributed by atoms with Crippen molar-refractivity contribution in [1.82, 2.24) is 0 Å². The number of hydrogen-bond donors (Lipinski definition) is 0. The SMILES string of the molecule is COC(=O)C1=C(C(F)(F)F)OC2=C(C(=C=O)CC(C)(C)C2)C1c1ccc(C(=O)OC)cc1. The zero-order valence-electron chi connectivity index (χ0n) is 17.9. The third-order valence-electron chi connectivity index (χ3n) is 5.42. The second-order valence-electron chi connectivity index (χ2n) is 8.32. The predicted molar refractivity (Wildman–Crippen MR) is 106 cm³/mol. The molecule has 1 aliphatic carbocycles. The highest BCUT2D eigenvalue weighted by atomic mass is 19.4. The highest BCUT2D eigenvalue weighted by Crippen LogP contribution is 2.54. The number of methoxy groups -OCH3 is 2. The molecule has 32 heavy (non-hydrogen) atoms. The summed E-state index contributed by atoms with van der Waals surface area (Å²) >= 11 is 0. The van der Waals surface area contributed by atoms with Gasteiger partial charge in [-0.1, -0.05) is 26.0 Å². The molecule has 0 saturated carbocycles. The van der Waals surface area contributed by atoms with E-state index in [1.54, 1.807) is 13.8 Å². The molecule has 9 heteroatoms. The Kier molecular flexibility index (Phi) is 6.07. The highest BCUT2D eigenvalue weighted by molar-refractivity contribution is 5.94. The van der Waals surface area contributed by atoms with Crippen LogP contribution >= 0.6 is 0 Å². The summed E-state index contributed by atoms with van der Waals surface area (Å²) in [6, 6.07) is 5.56. The molecule has 1 heterocycles. The van der Waals surface area contributed by atoms with E-state index in [9.17, 15) is 27.6 Å². The summed E-state index contributed by atoms with van der Waals surface area (Å²) in [6.07, 6.45) is -4.62. The van der Waals surface area contributed by atoms with Gasteiger partial charge in [-0.25, -0.2) is 14.4 Å². The third kappa shape index (κ3) is 4.21. The van der Waals surface area contributed by atoms with E-state index in [0.717, 1.165) is 7.11 Å². The molecule has 1 aliphatic heterocycles. The Labute approximate surface area is 182 Å². The van der Waals surface area contributed by atoms with E-state index in [4.69, 9.17) is 4.74 Å². The second-order valence-corrected chi connectivity index (χ2v) is 8.32. The Morgan fingerprint density at radius 2 is 1.66 bits per heavy atom. The lowest BCUT2D eigenvalue weighted by Crippen LogP contribution is -2.34. The van der Waals surface area contributed by atoms with Crippen LogP contribution in [0.25, 0.3) is 0 Å². The summed E-state index contributed by atoms with van der Waals surface area (Å²) in [5, 5.41) is 0. The predicted octanol–water partition coefficient (Wildman–Crippen LogP) is 4.41. The molecule has 6 nitrogen and oxygen atoms in total. The van der Waals surface area contributed by atoms with E-state index in [2.05, 4.69) is 9.47 Å². The minimum absolute atomic E-state index is 0.0402. The first-order valence-corrected chi connectivity index (χ1v) is 9.66. The first kappa shape index (κ1) is 23.3. The van der Waals surface area contributed by atoms with Gasteiger partial charge in [-0.05, 0) is 29.5 Å². The van der Waals surface area contributed by atoms with Crippen molar-refractivity contribution in [2.45, 2.75) is 38.8 Å². The standard InChI is InChI=1S/C23H21F3O6/c1-22(2)9-14(11-27)16-15(10-22)32-19(23(24,25)26)18(21(29)31-4)17(16)12-5-7-13(8-6-12)20(28)30-3/h5-8,17H,9-10H2,1-4H3. The topological polar surface area (TPSA) is 78.9 Å². The molecule has 0 spiro atoms. The van der Waals surface area contributed by atoms with Crippen LogP contribution in [0.3, 0.4) is 0 Å². The van der Waals surface area contributed by atoms with Gasteiger partial charge in [0.15, 0.2) is 0 Å². The number of hydrogen-bond acceptors (Lipinski definition) is 6. The van der Waals surface area contributed by atoms with Crippen molar-refractivity contribution in [2.75, 3.05) is 14.2 Å². The Balaban J connectivity index is 2.31. The molecular formula is C23H21F3O6. The normalized spacial score (nSPS) is 20.2. The maximum Gasteiger partial charge on any atom is 0.450 e. The fourth-order valence-corrected chi connectivity index (χ4v) is 4.10. The van der Waals surface area contributed by atoms with Crippen molar-refractivity contribution in [3.63, 3.8) is 0 Å². The first-order valence-electron chi connectivity index (χ1n) is 9.66. The van der Waals surface area contributed by atoms with Crippen molar-refractivity contribution in [3.05, 3.63) is 63.6 Å². The maximum atomic E-state index is 14.0. The maximum absolute atomic E-state index is 14.0. The van der Waals surface area contributed by atoms with E-state index >= 15 is 0 Å². The molecule has 0 N–H and O–H groups in total. The molecule has 3 rings (SSSR count). The highest BCUT2D eigenvalue weighted by Gasteiger charge is 2.51. The number of carbonyl (C=O) groups is 2. The lowest BCUT2D eigenvalue weighted by molar-refractivity contribution is -0.143. The van der Waals surface area contributed by atoms with Gasteiger partial charge in [-0.3, -0.25) is 0 Å². The molecule has 170 valence electrons. The summed E-state index contributed by atoms with van der Waals surface area (Å²) in [5.74, 6) is -2.85. The second kappa shape index (κ2) is 8.31. The molecule has 0 saturated heterocycles. The molecule has 0 amide bonds. The van der Waals surface area contributed by atoms with Crippen molar-refractivity contribution < 1.29 is 41.8 Å². The monoisotopic (exact) mass is 450 g/mol. The zero-order chi connectivity index (χ0) is 23.8. The average Bonchev–Trinajstić information content (AvgIpc) is 2.74. The minimum Gasteiger partial charge on any atom is -0.466 e. The van der Waals surface area contributed by atoms with E-state index in [0.29, 0.717) is 0 Å². The summed E-state index contributed by atoms with van der Waals surface area (Å²) in [7, 11) is 2.16. The average molecular weight is 450 g/mol. The number of benzene rings is 1. The van der Waals surface area contributed by atoms with E-state index in [1.807, 2.05) is 5.94 Å². The minimum atomic E-state index is -4.99. The quantitative estimate of drug-likeness (QED) is 0.502. The lowest BCUT2D eigenvalue weighted by Gasteiger charge is -2.40. The first-order chi connectivity index (χ1) is 14.9. The Bertz CT molecular complexity index is 1070. The van der Waals surface area contributed by atoms with Gasteiger partial charge in [-0.15, -0.1) is 0 Å². The van der Waals surface area contributed by atoms with Gasteiger partial charge in [0.2, 0.25) is 5.76 Å². The number of halogens is 3. The summed E-state index contributed by atoms with van der Waals surface area (Å²) in [5.41, 5.74) is -0.600. The molecular weight excluding hydrogens is 429 g/mol. The summed E-state index contributed by atoms with van der Waals surface area (Å²) < 4.78 is 56.4. The molecule has 2 aliphatic rings. The van der Waals surface area contributed by atoms with Crippen molar-refractivity contribution in [3.8, 4) is 0 Å². The van der Waals surface area contributed by atoms with Crippen LogP contribution in [-0.2, 0) is 23.8 Å². The fourth-order valence-electron chi connectivity index (χ4n) is 4.10. The van der Waals surface area contributed by atoms with Gasteiger partial charge in [0.1, 0.15) is 11.7 Å². The Morgan fingerprint density at radius 3 is 2.16 bits per heavy atom. The van der Waals surface area contributed by atoms with Crippen LogP contribution in [0.2, 0.25) is 0 Å². The van der Waals surface area contributed by atoms with Crippen LogP contribution in [0.15, 0.2) is 52.5 Å². The van der Waals surface area contributed by atoms with Crippen LogP contribution in [0, 0.1) is 5.41 Å². The number of rotatable bonds is 3. The summed E-state index contributed by atoms with van der Waals surface area (Å²) in [6.45, 7) is 3.59. The molecule has 1 unspecified atom stereocenters. The van der Waals surface area contributed by atoms with Gasteiger partial charge in [0, 0.05) is 23.5 Å². The zero-order valence-corrected chi connectivity index (χ0v) is 17.9. The van der Waals surface area contributed by atoms with Gasteiger partial charge >= 0.3 is 18.1 Å². The number of carbonyl (C=O) groups excluding carboxylic acids is 3.